The molecule has 7 heteroatoms. The van der Waals surface area contributed by atoms with Crippen LogP contribution in [0.5, 0.6) is 0 Å². The monoisotopic (exact) mass is 265 g/mol. The Kier molecular flexibility index (Phi) is 5.81. The van der Waals surface area contributed by atoms with Gasteiger partial charge in [0.15, 0.2) is 0 Å². The molecule has 0 saturated carbocycles. The molecule has 0 spiro atoms. The second-order valence-corrected chi connectivity index (χ2v) is 6.24. The van der Waals surface area contributed by atoms with Crippen LogP contribution in [-0.4, -0.2) is 63.0 Å². The molecular weight excluding hydrogens is 242 g/mol. The van der Waals surface area contributed by atoms with Gasteiger partial charge in [-0.3, -0.25) is 0 Å². The van der Waals surface area contributed by atoms with Gasteiger partial charge in [0.25, 0.3) is 10.2 Å². The van der Waals surface area contributed by atoms with Gasteiger partial charge in [-0.15, -0.1) is 0 Å². The number of nitrogens with zero attached hydrogens (tertiary/aromatic N) is 2. The number of hydrogen-bond acceptors (Lipinski definition) is 4. The third-order valence-corrected chi connectivity index (χ3v) is 4.97. The van der Waals surface area contributed by atoms with Crippen molar-refractivity contribution < 1.29 is 13.2 Å². The van der Waals surface area contributed by atoms with Crippen molar-refractivity contribution in [3.8, 4) is 0 Å². The third-order valence-electron chi connectivity index (χ3n) is 2.89. The fourth-order valence-electron chi connectivity index (χ4n) is 1.75. The number of ether oxygens (including phenoxy) is 1. The van der Waals surface area contributed by atoms with E-state index in [1.807, 2.05) is 13.8 Å². The van der Waals surface area contributed by atoms with Crippen LogP contribution in [0, 0.1) is 5.92 Å². The van der Waals surface area contributed by atoms with Crippen molar-refractivity contribution in [2.45, 2.75) is 13.8 Å². The zero-order valence-electron chi connectivity index (χ0n) is 10.6. The highest BCUT2D eigenvalue weighted by atomic mass is 32.2. The van der Waals surface area contributed by atoms with Crippen molar-refractivity contribution in [2.75, 3.05) is 45.9 Å². The van der Waals surface area contributed by atoms with Gasteiger partial charge < -0.3 is 10.5 Å². The number of nitrogens with two attached hydrogens (primary N) is 1. The molecule has 0 aromatic rings. The Balaban J connectivity index is 2.70. The molecule has 1 aliphatic heterocycles. The first-order chi connectivity index (χ1) is 8.02. The van der Waals surface area contributed by atoms with E-state index in [1.165, 1.54) is 8.61 Å². The Hall–Kier alpha value is -0.210. The summed E-state index contributed by atoms with van der Waals surface area (Å²) in [4.78, 5) is 0. The molecule has 0 aliphatic carbocycles. The molecule has 2 N–H and O–H groups in total. The molecule has 0 aromatic heterocycles. The van der Waals surface area contributed by atoms with Crippen molar-refractivity contribution in [3.63, 3.8) is 0 Å². The Labute approximate surface area is 104 Å². The molecule has 0 amide bonds. The second kappa shape index (κ2) is 6.65. The lowest BCUT2D eigenvalue weighted by molar-refractivity contribution is 0.0700. The summed E-state index contributed by atoms with van der Waals surface area (Å²) < 4.78 is 32.8. The fourth-order valence-corrected chi connectivity index (χ4v) is 3.46. The predicted molar refractivity (Wildman–Crippen MR) is 66.8 cm³/mol. The minimum atomic E-state index is -3.35. The lowest BCUT2D eigenvalue weighted by Gasteiger charge is -2.32. The van der Waals surface area contributed by atoms with Crippen molar-refractivity contribution in [1.82, 2.24) is 8.61 Å². The van der Waals surface area contributed by atoms with Crippen LogP contribution in [0.25, 0.3) is 0 Å². The Morgan fingerprint density at radius 1 is 1.41 bits per heavy atom. The fraction of sp³-hybridized carbons (Fsp3) is 1.00. The van der Waals surface area contributed by atoms with Gasteiger partial charge in [0.05, 0.1) is 13.2 Å². The molecule has 0 aromatic carbocycles. The van der Waals surface area contributed by atoms with E-state index in [0.717, 1.165) is 0 Å². The molecule has 1 saturated heterocycles. The van der Waals surface area contributed by atoms with Crippen LogP contribution in [0.2, 0.25) is 0 Å². The number of hydrogen-bond donors (Lipinski definition) is 1. The van der Waals surface area contributed by atoms with Crippen LogP contribution in [-0.2, 0) is 14.9 Å². The molecule has 1 heterocycles. The van der Waals surface area contributed by atoms with Crippen LogP contribution in [0.4, 0.5) is 0 Å². The first kappa shape index (κ1) is 14.8. The predicted octanol–water partition coefficient (Wildman–Crippen LogP) is -0.520. The Morgan fingerprint density at radius 3 is 2.47 bits per heavy atom. The first-order valence-corrected chi connectivity index (χ1v) is 7.45. The van der Waals surface area contributed by atoms with Gasteiger partial charge in [-0.2, -0.15) is 17.0 Å². The Bertz CT molecular complexity index is 315. The molecule has 1 fully saturated rings. The third kappa shape index (κ3) is 3.89. The lowest BCUT2D eigenvalue weighted by Crippen LogP contribution is -2.49. The molecule has 102 valence electrons. The summed E-state index contributed by atoms with van der Waals surface area (Å²) in [5.41, 5.74) is 5.54. The van der Waals surface area contributed by atoms with Crippen LogP contribution in [0.15, 0.2) is 0 Å². The van der Waals surface area contributed by atoms with Crippen molar-refractivity contribution in [1.29, 1.82) is 0 Å². The Morgan fingerprint density at radius 2 is 2.00 bits per heavy atom. The lowest BCUT2D eigenvalue weighted by atomic mass is 10.2. The van der Waals surface area contributed by atoms with Gasteiger partial charge in [-0.1, -0.05) is 13.8 Å². The van der Waals surface area contributed by atoms with E-state index in [1.54, 1.807) is 0 Å². The molecule has 1 aliphatic rings. The molecule has 1 atom stereocenters. The molecule has 1 rings (SSSR count). The highest BCUT2D eigenvalue weighted by molar-refractivity contribution is 7.86. The van der Waals surface area contributed by atoms with E-state index < -0.39 is 10.2 Å². The minimum absolute atomic E-state index is 0.172. The summed E-state index contributed by atoms with van der Waals surface area (Å²) in [6, 6.07) is 0. The standard InChI is InChI=1S/C10H23N3O3S/c1-3-12(9-10(2)8-11)17(14,15)13-4-6-16-7-5-13/h10H,3-9,11H2,1-2H3. The molecule has 1 unspecified atom stereocenters. The zero-order valence-corrected chi connectivity index (χ0v) is 11.4. The van der Waals surface area contributed by atoms with Gasteiger partial charge in [0.1, 0.15) is 0 Å². The summed E-state index contributed by atoms with van der Waals surface area (Å²) in [6.07, 6.45) is 0. The summed E-state index contributed by atoms with van der Waals surface area (Å²) in [5, 5.41) is 0. The van der Waals surface area contributed by atoms with E-state index in [0.29, 0.717) is 45.9 Å². The average Bonchev–Trinajstić information content (AvgIpc) is 2.36. The van der Waals surface area contributed by atoms with Gasteiger partial charge in [0.2, 0.25) is 0 Å². The maximum absolute atomic E-state index is 12.3. The molecule has 0 bridgehead atoms. The van der Waals surface area contributed by atoms with Gasteiger partial charge in [0, 0.05) is 26.2 Å². The maximum atomic E-state index is 12.3. The normalized spacial score (nSPS) is 20.7. The van der Waals surface area contributed by atoms with Crippen LogP contribution in [0.3, 0.4) is 0 Å². The largest absolute Gasteiger partial charge is 0.379 e. The maximum Gasteiger partial charge on any atom is 0.282 e. The first-order valence-electron chi connectivity index (χ1n) is 6.05. The minimum Gasteiger partial charge on any atom is -0.379 e. The molecule has 0 radical (unpaired) electrons. The van der Waals surface area contributed by atoms with Gasteiger partial charge in [-0.25, -0.2) is 0 Å². The highest BCUT2D eigenvalue weighted by Crippen LogP contribution is 2.12. The highest BCUT2D eigenvalue weighted by Gasteiger charge is 2.30. The van der Waals surface area contributed by atoms with Crippen molar-refractivity contribution in [2.24, 2.45) is 11.7 Å². The summed E-state index contributed by atoms with van der Waals surface area (Å²) in [6.45, 7) is 7.09. The molecule has 17 heavy (non-hydrogen) atoms. The van der Waals surface area contributed by atoms with Crippen molar-refractivity contribution >= 4 is 10.2 Å². The quantitative estimate of drug-likeness (QED) is 0.701. The zero-order chi connectivity index (χ0) is 12.9. The molecule has 6 nitrogen and oxygen atoms in total. The summed E-state index contributed by atoms with van der Waals surface area (Å²) in [5.74, 6) is 0.172. The van der Waals surface area contributed by atoms with Crippen LogP contribution in [0.1, 0.15) is 13.8 Å². The smallest absolute Gasteiger partial charge is 0.282 e. The van der Waals surface area contributed by atoms with Crippen molar-refractivity contribution in [3.05, 3.63) is 0 Å². The topological polar surface area (TPSA) is 75.9 Å². The average molecular weight is 265 g/mol. The van der Waals surface area contributed by atoms with Gasteiger partial charge >= 0.3 is 0 Å². The van der Waals surface area contributed by atoms with Crippen LogP contribution >= 0.6 is 0 Å². The van der Waals surface area contributed by atoms with E-state index >= 15 is 0 Å². The number of rotatable bonds is 6. The van der Waals surface area contributed by atoms with E-state index in [2.05, 4.69) is 0 Å². The second-order valence-electron chi connectivity index (χ2n) is 4.31. The SMILES string of the molecule is CCN(CC(C)CN)S(=O)(=O)N1CCOCC1. The van der Waals surface area contributed by atoms with E-state index in [-0.39, 0.29) is 5.92 Å². The summed E-state index contributed by atoms with van der Waals surface area (Å²) >= 11 is 0. The van der Waals surface area contributed by atoms with Crippen LogP contribution < -0.4 is 5.73 Å². The molecular formula is C10H23N3O3S. The van der Waals surface area contributed by atoms with Gasteiger partial charge in [-0.05, 0) is 12.5 Å². The number of morpholine rings is 1. The van der Waals surface area contributed by atoms with E-state index in [9.17, 15) is 8.42 Å². The van der Waals surface area contributed by atoms with E-state index in [4.69, 9.17) is 10.5 Å². The summed E-state index contributed by atoms with van der Waals surface area (Å²) in [7, 11) is -3.35.